The summed E-state index contributed by atoms with van der Waals surface area (Å²) < 4.78 is 5.04. The van der Waals surface area contributed by atoms with Crippen molar-refractivity contribution in [2.24, 2.45) is 0 Å². The van der Waals surface area contributed by atoms with Crippen molar-refractivity contribution in [3.8, 4) is 22.9 Å². The highest BCUT2D eigenvalue weighted by Crippen LogP contribution is 2.26. The second-order valence-corrected chi connectivity index (χ2v) is 2.99. The fraction of sp³-hybridized carbons (Fsp3) is 0.0909. The molecular weight excluding hydrogens is 192 g/mol. The smallest absolute Gasteiger partial charge is 0.159 e. The zero-order valence-electron chi connectivity index (χ0n) is 8.21. The van der Waals surface area contributed by atoms with Crippen LogP contribution in [0.25, 0.3) is 11.4 Å². The Morgan fingerprint density at radius 3 is 2.53 bits per heavy atom. The van der Waals surface area contributed by atoms with Crippen LogP contribution in [0.15, 0.2) is 36.7 Å². The summed E-state index contributed by atoms with van der Waals surface area (Å²) in [7, 11) is 1.55. The SMILES string of the molecule is COc1cc(O)cc(-c2ncccn2)c1. The summed E-state index contributed by atoms with van der Waals surface area (Å²) in [6, 6.07) is 6.64. The minimum absolute atomic E-state index is 0.136. The van der Waals surface area contributed by atoms with E-state index in [0.717, 1.165) is 5.56 Å². The third kappa shape index (κ3) is 2.04. The summed E-state index contributed by atoms with van der Waals surface area (Å²) in [5.74, 6) is 1.28. The highest BCUT2D eigenvalue weighted by atomic mass is 16.5. The zero-order valence-corrected chi connectivity index (χ0v) is 8.21. The van der Waals surface area contributed by atoms with Crippen LogP contribution in [0.1, 0.15) is 0 Å². The Balaban J connectivity index is 2.49. The lowest BCUT2D eigenvalue weighted by molar-refractivity contribution is 0.408. The maximum absolute atomic E-state index is 9.45. The van der Waals surface area contributed by atoms with E-state index < -0.39 is 0 Å². The van der Waals surface area contributed by atoms with Crippen LogP contribution in [0.5, 0.6) is 11.5 Å². The summed E-state index contributed by atoms with van der Waals surface area (Å²) in [6.45, 7) is 0. The summed E-state index contributed by atoms with van der Waals surface area (Å²) >= 11 is 0. The third-order valence-electron chi connectivity index (χ3n) is 1.95. The minimum Gasteiger partial charge on any atom is -0.508 e. The highest BCUT2D eigenvalue weighted by Gasteiger charge is 2.04. The Morgan fingerprint density at radius 2 is 1.87 bits per heavy atom. The van der Waals surface area contributed by atoms with Crippen LogP contribution in [0.2, 0.25) is 0 Å². The summed E-state index contributed by atoms with van der Waals surface area (Å²) in [5.41, 5.74) is 0.729. The van der Waals surface area contributed by atoms with E-state index in [4.69, 9.17) is 4.74 Å². The van der Waals surface area contributed by atoms with E-state index in [2.05, 4.69) is 9.97 Å². The number of rotatable bonds is 2. The van der Waals surface area contributed by atoms with Crippen molar-refractivity contribution in [1.29, 1.82) is 0 Å². The second-order valence-electron chi connectivity index (χ2n) is 2.99. The number of methoxy groups -OCH3 is 1. The molecule has 1 heterocycles. The first kappa shape index (κ1) is 9.45. The standard InChI is InChI=1S/C11H10N2O2/c1-15-10-6-8(5-9(14)7-10)11-12-3-2-4-13-11/h2-7,14H,1H3. The number of aromatic hydroxyl groups is 1. The molecule has 0 aliphatic carbocycles. The Labute approximate surface area is 87.2 Å². The monoisotopic (exact) mass is 202 g/mol. The lowest BCUT2D eigenvalue weighted by atomic mass is 10.2. The van der Waals surface area contributed by atoms with Gasteiger partial charge in [0.25, 0.3) is 0 Å². The van der Waals surface area contributed by atoms with Crippen molar-refractivity contribution in [2.75, 3.05) is 7.11 Å². The molecule has 0 aliphatic heterocycles. The molecule has 0 unspecified atom stereocenters. The van der Waals surface area contributed by atoms with E-state index in [1.165, 1.54) is 6.07 Å². The van der Waals surface area contributed by atoms with Crippen molar-refractivity contribution >= 4 is 0 Å². The van der Waals surface area contributed by atoms with E-state index >= 15 is 0 Å². The predicted molar refractivity (Wildman–Crippen MR) is 55.7 cm³/mol. The Morgan fingerprint density at radius 1 is 1.13 bits per heavy atom. The quantitative estimate of drug-likeness (QED) is 0.807. The van der Waals surface area contributed by atoms with Gasteiger partial charge in [0.15, 0.2) is 5.82 Å². The first-order chi connectivity index (χ1) is 7.29. The lowest BCUT2D eigenvalue weighted by Gasteiger charge is -2.04. The van der Waals surface area contributed by atoms with E-state index in [1.807, 2.05) is 0 Å². The van der Waals surface area contributed by atoms with Gasteiger partial charge in [-0.05, 0) is 18.2 Å². The molecule has 15 heavy (non-hydrogen) atoms. The van der Waals surface area contributed by atoms with Crippen molar-refractivity contribution in [2.45, 2.75) is 0 Å². The van der Waals surface area contributed by atoms with Gasteiger partial charge in [0, 0.05) is 24.0 Å². The van der Waals surface area contributed by atoms with Gasteiger partial charge < -0.3 is 9.84 Å². The highest BCUT2D eigenvalue weighted by molar-refractivity contribution is 5.60. The summed E-state index contributed by atoms with van der Waals surface area (Å²) in [4.78, 5) is 8.18. The molecule has 0 spiro atoms. The molecule has 1 aromatic carbocycles. The predicted octanol–water partition coefficient (Wildman–Crippen LogP) is 1.86. The molecule has 1 aromatic heterocycles. The average Bonchev–Trinajstić information content (AvgIpc) is 2.29. The first-order valence-electron chi connectivity index (χ1n) is 4.45. The van der Waals surface area contributed by atoms with Gasteiger partial charge in [0.1, 0.15) is 11.5 Å². The van der Waals surface area contributed by atoms with E-state index in [-0.39, 0.29) is 5.75 Å². The molecule has 4 heteroatoms. The third-order valence-corrected chi connectivity index (χ3v) is 1.95. The molecule has 0 bridgehead atoms. The Bertz CT molecular complexity index is 457. The van der Waals surface area contributed by atoms with Crippen molar-refractivity contribution in [1.82, 2.24) is 9.97 Å². The van der Waals surface area contributed by atoms with Gasteiger partial charge in [0.05, 0.1) is 7.11 Å². The van der Waals surface area contributed by atoms with Crippen LogP contribution in [0, 0.1) is 0 Å². The number of phenolic OH excluding ortho intramolecular Hbond substituents is 1. The van der Waals surface area contributed by atoms with Crippen LogP contribution < -0.4 is 4.74 Å². The molecule has 0 amide bonds. The van der Waals surface area contributed by atoms with Crippen LogP contribution in [-0.2, 0) is 0 Å². The fourth-order valence-electron chi connectivity index (χ4n) is 1.28. The van der Waals surface area contributed by atoms with Crippen LogP contribution in [0.3, 0.4) is 0 Å². The molecule has 0 aliphatic rings. The van der Waals surface area contributed by atoms with Gasteiger partial charge in [-0.1, -0.05) is 0 Å². The maximum Gasteiger partial charge on any atom is 0.159 e. The normalized spacial score (nSPS) is 9.93. The van der Waals surface area contributed by atoms with Gasteiger partial charge in [-0.3, -0.25) is 0 Å². The van der Waals surface area contributed by atoms with E-state index in [9.17, 15) is 5.11 Å². The molecular formula is C11H10N2O2. The first-order valence-corrected chi connectivity index (χ1v) is 4.45. The van der Waals surface area contributed by atoms with E-state index in [0.29, 0.717) is 11.6 Å². The molecule has 1 N–H and O–H groups in total. The van der Waals surface area contributed by atoms with Crippen LogP contribution in [0.4, 0.5) is 0 Å². The molecule has 0 saturated carbocycles. The number of nitrogens with zero attached hydrogens (tertiary/aromatic N) is 2. The van der Waals surface area contributed by atoms with Gasteiger partial charge in [-0.2, -0.15) is 0 Å². The molecule has 0 fully saturated rings. The van der Waals surface area contributed by atoms with Crippen LogP contribution in [-0.4, -0.2) is 22.2 Å². The molecule has 0 saturated heterocycles. The second kappa shape index (κ2) is 3.96. The Hall–Kier alpha value is -2.10. The largest absolute Gasteiger partial charge is 0.508 e. The van der Waals surface area contributed by atoms with Gasteiger partial charge >= 0.3 is 0 Å². The molecule has 0 atom stereocenters. The number of phenols is 1. The average molecular weight is 202 g/mol. The number of benzene rings is 1. The molecule has 76 valence electrons. The maximum atomic E-state index is 9.45. The number of ether oxygens (including phenoxy) is 1. The fourth-order valence-corrected chi connectivity index (χ4v) is 1.28. The Kier molecular flexibility index (Phi) is 2.49. The number of aromatic nitrogens is 2. The molecule has 0 radical (unpaired) electrons. The van der Waals surface area contributed by atoms with Crippen molar-refractivity contribution in [3.05, 3.63) is 36.7 Å². The summed E-state index contributed by atoms with van der Waals surface area (Å²) in [5, 5.41) is 9.45. The van der Waals surface area contributed by atoms with Crippen molar-refractivity contribution in [3.63, 3.8) is 0 Å². The van der Waals surface area contributed by atoms with Crippen LogP contribution >= 0.6 is 0 Å². The molecule has 4 nitrogen and oxygen atoms in total. The van der Waals surface area contributed by atoms with E-state index in [1.54, 1.807) is 37.7 Å². The zero-order chi connectivity index (χ0) is 10.7. The van der Waals surface area contributed by atoms with Gasteiger partial charge in [-0.25, -0.2) is 9.97 Å². The molecule has 2 rings (SSSR count). The topological polar surface area (TPSA) is 55.2 Å². The number of hydrogen-bond donors (Lipinski definition) is 1. The van der Waals surface area contributed by atoms with Gasteiger partial charge in [-0.15, -0.1) is 0 Å². The van der Waals surface area contributed by atoms with Gasteiger partial charge in [0.2, 0.25) is 0 Å². The summed E-state index contributed by atoms with van der Waals surface area (Å²) in [6.07, 6.45) is 3.30. The van der Waals surface area contributed by atoms with Crippen molar-refractivity contribution < 1.29 is 9.84 Å². The number of hydrogen-bond acceptors (Lipinski definition) is 4. The lowest BCUT2D eigenvalue weighted by Crippen LogP contribution is -1.88. The minimum atomic E-state index is 0.136. The molecule has 2 aromatic rings.